The molecule has 1 aromatic heterocycles. The monoisotopic (exact) mass is 328 g/mol. The van der Waals surface area contributed by atoms with Crippen LogP contribution < -0.4 is 11.3 Å². The van der Waals surface area contributed by atoms with Gasteiger partial charge in [-0.1, -0.05) is 27.5 Å². The highest BCUT2D eigenvalue weighted by atomic mass is 79.9. The zero-order valence-corrected chi connectivity index (χ0v) is 12.2. The van der Waals surface area contributed by atoms with Crippen LogP contribution in [0, 0.1) is 0 Å². The third-order valence-electron chi connectivity index (χ3n) is 2.70. The van der Waals surface area contributed by atoms with Crippen LogP contribution >= 0.6 is 27.5 Å². The molecule has 1 heterocycles. The van der Waals surface area contributed by atoms with Gasteiger partial charge in [0.2, 0.25) is 0 Å². The van der Waals surface area contributed by atoms with Gasteiger partial charge in [0.1, 0.15) is 0 Å². The van der Waals surface area contributed by atoms with Gasteiger partial charge >= 0.3 is 0 Å². The molecule has 2 rings (SSSR count). The summed E-state index contributed by atoms with van der Waals surface area (Å²) in [6.07, 6.45) is 3.78. The van der Waals surface area contributed by atoms with Crippen molar-refractivity contribution < 1.29 is 0 Å². The van der Waals surface area contributed by atoms with Crippen molar-refractivity contribution in [2.24, 2.45) is 5.84 Å². The van der Waals surface area contributed by atoms with E-state index in [9.17, 15) is 0 Å². The number of nitrogens with two attached hydrogens (primary N) is 1. The maximum Gasteiger partial charge on any atom is 0.0741 e. The molecule has 0 amide bonds. The summed E-state index contributed by atoms with van der Waals surface area (Å²) in [6, 6.07) is 5.59. The van der Waals surface area contributed by atoms with Crippen molar-refractivity contribution in [1.82, 2.24) is 15.2 Å². The van der Waals surface area contributed by atoms with Gasteiger partial charge in [0.15, 0.2) is 0 Å². The summed E-state index contributed by atoms with van der Waals surface area (Å²) < 4.78 is 2.78. The third-order valence-corrected chi connectivity index (χ3v) is 3.37. The Morgan fingerprint density at radius 3 is 2.78 bits per heavy atom. The molecule has 6 heteroatoms. The number of benzene rings is 1. The lowest BCUT2D eigenvalue weighted by Gasteiger charge is -2.15. The number of rotatable bonds is 4. The van der Waals surface area contributed by atoms with E-state index in [2.05, 4.69) is 26.5 Å². The number of nitrogens with one attached hydrogen (secondary N) is 1. The molecule has 0 aliphatic rings. The third kappa shape index (κ3) is 2.92. The van der Waals surface area contributed by atoms with E-state index in [1.807, 2.05) is 42.2 Å². The first-order valence-electron chi connectivity index (χ1n) is 5.58. The molecule has 0 bridgehead atoms. The summed E-state index contributed by atoms with van der Waals surface area (Å²) in [6.45, 7) is 2.87. The first-order chi connectivity index (χ1) is 8.63. The van der Waals surface area contributed by atoms with Crippen molar-refractivity contribution in [3.05, 3.63) is 51.2 Å². The SMILES string of the molecule is CCn1cc(C(NN)c2cc(Cl)cc(Br)c2)cn1. The van der Waals surface area contributed by atoms with Crippen molar-refractivity contribution >= 4 is 27.5 Å². The fourth-order valence-corrected chi connectivity index (χ4v) is 2.71. The van der Waals surface area contributed by atoms with Crippen molar-refractivity contribution in [3.8, 4) is 0 Å². The van der Waals surface area contributed by atoms with Crippen LogP contribution in [0.25, 0.3) is 0 Å². The Morgan fingerprint density at radius 2 is 2.22 bits per heavy atom. The van der Waals surface area contributed by atoms with Crippen LogP contribution in [0.2, 0.25) is 5.02 Å². The number of hydrazine groups is 1. The van der Waals surface area contributed by atoms with Crippen LogP contribution in [-0.4, -0.2) is 9.78 Å². The number of aryl methyl sites for hydroxylation is 1. The van der Waals surface area contributed by atoms with Gasteiger partial charge in [0, 0.05) is 27.8 Å². The van der Waals surface area contributed by atoms with Gasteiger partial charge in [0.05, 0.1) is 12.2 Å². The summed E-state index contributed by atoms with van der Waals surface area (Å²) in [5, 5.41) is 4.92. The molecular weight excluding hydrogens is 316 g/mol. The molecule has 4 nitrogen and oxygen atoms in total. The maximum absolute atomic E-state index is 6.05. The minimum atomic E-state index is -0.125. The molecule has 1 unspecified atom stereocenters. The summed E-state index contributed by atoms with van der Waals surface area (Å²) in [7, 11) is 0. The highest BCUT2D eigenvalue weighted by Gasteiger charge is 2.15. The average Bonchev–Trinajstić information content (AvgIpc) is 2.77. The van der Waals surface area contributed by atoms with Crippen molar-refractivity contribution in [3.63, 3.8) is 0 Å². The zero-order valence-electron chi connectivity index (χ0n) is 9.90. The molecule has 3 N–H and O–H groups in total. The van der Waals surface area contributed by atoms with E-state index in [1.54, 1.807) is 0 Å². The minimum Gasteiger partial charge on any atom is -0.273 e. The highest BCUT2D eigenvalue weighted by molar-refractivity contribution is 9.10. The quantitative estimate of drug-likeness (QED) is 0.670. The number of aromatic nitrogens is 2. The van der Waals surface area contributed by atoms with E-state index in [1.165, 1.54) is 0 Å². The van der Waals surface area contributed by atoms with Crippen LogP contribution in [0.1, 0.15) is 24.1 Å². The van der Waals surface area contributed by atoms with Gasteiger partial charge < -0.3 is 0 Å². The Labute approximate surface area is 119 Å². The molecule has 0 radical (unpaired) electrons. The number of halogens is 2. The molecule has 0 aliphatic heterocycles. The Balaban J connectivity index is 2.38. The average molecular weight is 330 g/mol. The van der Waals surface area contributed by atoms with Crippen LogP contribution in [0.15, 0.2) is 35.1 Å². The minimum absolute atomic E-state index is 0.125. The van der Waals surface area contributed by atoms with E-state index in [-0.39, 0.29) is 6.04 Å². The van der Waals surface area contributed by atoms with Crippen molar-refractivity contribution in [2.75, 3.05) is 0 Å². The fraction of sp³-hybridized carbons (Fsp3) is 0.250. The second kappa shape index (κ2) is 5.84. The molecule has 96 valence electrons. The number of hydrogen-bond donors (Lipinski definition) is 2. The van der Waals surface area contributed by atoms with E-state index in [0.717, 1.165) is 22.1 Å². The molecule has 1 atom stereocenters. The Kier molecular flexibility index (Phi) is 4.40. The normalized spacial score (nSPS) is 12.7. The summed E-state index contributed by atoms with van der Waals surface area (Å²) in [5.74, 6) is 5.64. The first kappa shape index (κ1) is 13.5. The Hall–Kier alpha value is -0.880. The Bertz CT molecular complexity index is 520. The largest absolute Gasteiger partial charge is 0.273 e. The summed E-state index contributed by atoms with van der Waals surface area (Å²) >= 11 is 9.48. The fourth-order valence-electron chi connectivity index (χ4n) is 1.83. The number of nitrogens with zero attached hydrogens (tertiary/aromatic N) is 2. The maximum atomic E-state index is 6.05. The molecule has 0 aliphatic carbocycles. The van der Waals surface area contributed by atoms with Gasteiger partial charge in [-0.05, 0) is 30.7 Å². The molecule has 0 fully saturated rings. The van der Waals surface area contributed by atoms with Crippen LogP contribution in [0.5, 0.6) is 0 Å². The predicted octanol–water partition coefficient (Wildman–Crippen LogP) is 2.87. The lowest BCUT2D eigenvalue weighted by atomic mass is 10.0. The van der Waals surface area contributed by atoms with Crippen molar-refractivity contribution in [2.45, 2.75) is 19.5 Å². The zero-order chi connectivity index (χ0) is 13.1. The first-order valence-corrected chi connectivity index (χ1v) is 6.75. The van der Waals surface area contributed by atoms with Gasteiger partial charge in [0.25, 0.3) is 0 Å². The van der Waals surface area contributed by atoms with E-state index >= 15 is 0 Å². The molecule has 0 saturated heterocycles. The van der Waals surface area contributed by atoms with Crippen LogP contribution in [0.4, 0.5) is 0 Å². The van der Waals surface area contributed by atoms with E-state index in [0.29, 0.717) is 5.02 Å². The molecular formula is C12H14BrClN4. The summed E-state index contributed by atoms with van der Waals surface area (Å²) in [4.78, 5) is 0. The van der Waals surface area contributed by atoms with Crippen molar-refractivity contribution in [1.29, 1.82) is 0 Å². The highest BCUT2D eigenvalue weighted by Crippen LogP contribution is 2.27. The number of hydrogen-bond acceptors (Lipinski definition) is 3. The topological polar surface area (TPSA) is 55.9 Å². The molecule has 0 saturated carbocycles. The van der Waals surface area contributed by atoms with Gasteiger partial charge in [-0.15, -0.1) is 0 Å². The molecule has 18 heavy (non-hydrogen) atoms. The Morgan fingerprint density at radius 1 is 1.44 bits per heavy atom. The van der Waals surface area contributed by atoms with Crippen LogP contribution in [0.3, 0.4) is 0 Å². The van der Waals surface area contributed by atoms with E-state index in [4.69, 9.17) is 17.4 Å². The van der Waals surface area contributed by atoms with Gasteiger partial charge in [-0.3, -0.25) is 10.5 Å². The van der Waals surface area contributed by atoms with Crippen LogP contribution in [-0.2, 0) is 6.54 Å². The van der Waals surface area contributed by atoms with Gasteiger partial charge in [-0.2, -0.15) is 5.10 Å². The molecule has 0 spiro atoms. The molecule has 1 aromatic carbocycles. The second-order valence-corrected chi connectivity index (χ2v) is 5.28. The smallest absolute Gasteiger partial charge is 0.0741 e. The lowest BCUT2D eigenvalue weighted by Crippen LogP contribution is -2.28. The predicted molar refractivity (Wildman–Crippen MR) is 76.2 cm³/mol. The summed E-state index contributed by atoms with van der Waals surface area (Å²) in [5.41, 5.74) is 4.79. The van der Waals surface area contributed by atoms with E-state index < -0.39 is 0 Å². The lowest BCUT2D eigenvalue weighted by molar-refractivity contribution is 0.630. The van der Waals surface area contributed by atoms with Gasteiger partial charge in [-0.25, -0.2) is 5.43 Å². The second-order valence-electron chi connectivity index (χ2n) is 3.93. The standard InChI is InChI=1S/C12H14BrClN4/c1-2-18-7-9(6-16-18)12(17-15)8-3-10(13)5-11(14)4-8/h3-7,12,17H,2,15H2,1H3. The molecule has 2 aromatic rings.